The zero-order valence-electron chi connectivity index (χ0n) is 8.88. The van der Waals surface area contributed by atoms with Crippen LogP contribution in [0.2, 0.25) is 0 Å². The molecule has 0 fully saturated rings. The van der Waals surface area contributed by atoms with Gasteiger partial charge in [0, 0.05) is 34.9 Å². The smallest absolute Gasteiger partial charge is 0.205 e. The normalized spacial score (nSPS) is 15.1. The summed E-state index contributed by atoms with van der Waals surface area (Å²) in [5, 5.41) is 3.01. The fraction of sp³-hybridized carbons (Fsp3) is 0. The molecule has 5 heteroatoms. The summed E-state index contributed by atoms with van der Waals surface area (Å²) in [6, 6.07) is 9.62. The van der Waals surface area contributed by atoms with Gasteiger partial charge in [0.05, 0.1) is 0 Å². The zero-order valence-corrected chi connectivity index (χ0v) is 9.93. The van der Waals surface area contributed by atoms with Gasteiger partial charge in [0.15, 0.2) is 0 Å². The van der Waals surface area contributed by atoms with Gasteiger partial charge in [-0.1, -0.05) is 18.2 Å². The van der Waals surface area contributed by atoms with Crippen molar-refractivity contribution in [3.05, 3.63) is 54.4 Å². The predicted octanol–water partition coefficient (Wildman–Crippen LogP) is 1.32. The first-order valence-electron chi connectivity index (χ1n) is 4.63. The van der Waals surface area contributed by atoms with Gasteiger partial charge in [-0.15, -0.1) is 0 Å². The number of anilines is 1. The molecule has 1 heterocycles. The number of nitrogens with zero attached hydrogens (tertiary/aromatic N) is 1. The summed E-state index contributed by atoms with van der Waals surface area (Å²) >= 11 is 0. The van der Waals surface area contributed by atoms with E-state index >= 15 is 0 Å². The third kappa shape index (κ3) is 4.35. The molecular weight excluding hydrogens is 263 g/mol. The molecule has 0 saturated carbocycles. The molecule has 1 aliphatic heterocycles. The van der Waals surface area contributed by atoms with Gasteiger partial charge in [0.1, 0.15) is 5.70 Å². The van der Waals surface area contributed by atoms with E-state index in [1.54, 1.807) is 18.5 Å². The van der Waals surface area contributed by atoms with Crippen LogP contribution >= 0.6 is 0 Å². The molecule has 0 aliphatic carbocycles. The molecule has 4 nitrogen and oxygen atoms in total. The number of benzene rings is 1. The Hall–Kier alpha value is -1.69. The second-order valence-electron chi connectivity index (χ2n) is 3.04. The first-order valence-corrected chi connectivity index (χ1v) is 4.63. The van der Waals surface area contributed by atoms with Gasteiger partial charge in [-0.2, -0.15) is 0 Å². The Morgan fingerprint density at radius 1 is 1.18 bits per heavy atom. The Labute approximate surface area is 110 Å². The number of aliphatic imine (C=N–C) groups is 1. The number of dihydropyridines is 1. The molecule has 1 aromatic carbocycles. The van der Waals surface area contributed by atoms with Crippen molar-refractivity contribution in [2.75, 3.05) is 5.32 Å². The summed E-state index contributed by atoms with van der Waals surface area (Å²) in [6.45, 7) is 0. The Balaban J connectivity index is 0.00000128. The van der Waals surface area contributed by atoms with Crippen molar-refractivity contribution in [2.45, 2.75) is 0 Å². The second-order valence-corrected chi connectivity index (χ2v) is 3.04. The molecule has 0 saturated heterocycles. The van der Waals surface area contributed by atoms with Crippen molar-refractivity contribution in [1.29, 1.82) is 0 Å². The van der Waals surface area contributed by atoms with Crippen LogP contribution in [0.4, 0.5) is 5.69 Å². The third-order valence-electron chi connectivity index (χ3n) is 1.95. The average molecular weight is 275 g/mol. The molecule has 2 rings (SSSR count). The van der Waals surface area contributed by atoms with E-state index in [0.717, 1.165) is 5.69 Å². The number of hydrogen-bond acceptors (Lipinski definition) is 3. The maximum atomic E-state index is 11.3. The van der Waals surface area contributed by atoms with Crippen molar-refractivity contribution in [3.8, 4) is 0 Å². The summed E-state index contributed by atoms with van der Waals surface area (Å²) in [4.78, 5) is 15.3. The third-order valence-corrected chi connectivity index (χ3v) is 1.95. The molecule has 0 spiro atoms. The molecule has 3 N–H and O–H groups in total. The van der Waals surface area contributed by atoms with Gasteiger partial charge in [-0.05, 0) is 24.3 Å². The Kier molecular flexibility index (Phi) is 6.81. The molecule has 0 bridgehead atoms. The first kappa shape index (κ1) is 15.3. The van der Waals surface area contributed by atoms with Gasteiger partial charge < -0.3 is 10.8 Å². The first-order chi connectivity index (χ1) is 7.36. The van der Waals surface area contributed by atoms with Crippen LogP contribution in [0.1, 0.15) is 0 Å². The van der Waals surface area contributed by atoms with E-state index in [1.165, 1.54) is 6.08 Å². The minimum absolute atomic E-state index is 0. The maximum absolute atomic E-state index is 11.3. The van der Waals surface area contributed by atoms with Gasteiger partial charge in [0.2, 0.25) is 5.78 Å². The molecule has 0 aromatic heterocycles. The largest absolute Gasteiger partial charge is 0.412 e. The van der Waals surface area contributed by atoms with Crippen LogP contribution in [0.5, 0.6) is 0 Å². The number of nitrogens with one attached hydrogen (secondary N) is 1. The molecule has 1 radical (unpaired) electrons. The van der Waals surface area contributed by atoms with Gasteiger partial charge >= 0.3 is 0 Å². The number of rotatable bonds is 2. The van der Waals surface area contributed by atoms with E-state index in [-0.39, 0.29) is 28.0 Å². The van der Waals surface area contributed by atoms with E-state index < -0.39 is 0 Å². The fourth-order valence-corrected chi connectivity index (χ4v) is 1.20. The number of para-hydroxylation sites is 1. The molecule has 1 aliphatic rings. The van der Waals surface area contributed by atoms with E-state index in [2.05, 4.69) is 10.3 Å². The van der Waals surface area contributed by atoms with Crippen LogP contribution in [0.25, 0.3) is 0 Å². The van der Waals surface area contributed by atoms with Crippen molar-refractivity contribution < 1.29 is 27.0 Å². The van der Waals surface area contributed by atoms with Gasteiger partial charge in [0.25, 0.3) is 0 Å². The Morgan fingerprint density at radius 2 is 1.88 bits per heavy atom. The molecule has 0 amide bonds. The molecular formula is C12H12CoN2O2. The number of allylic oxidation sites excluding steroid dienone is 2. The van der Waals surface area contributed by atoms with Crippen molar-refractivity contribution >= 4 is 17.7 Å². The van der Waals surface area contributed by atoms with Crippen LogP contribution < -0.4 is 5.32 Å². The van der Waals surface area contributed by atoms with E-state index in [1.807, 2.05) is 30.3 Å². The summed E-state index contributed by atoms with van der Waals surface area (Å²) in [5.41, 5.74) is 1.35. The summed E-state index contributed by atoms with van der Waals surface area (Å²) in [5.74, 6) is -0.0825. The van der Waals surface area contributed by atoms with Crippen molar-refractivity contribution in [3.63, 3.8) is 0 Å². The standard InChI is InChI=1S/C12H10N2O.Co.H2O/c15-12-7-4-8-13-11(12)9-14-10-5-2-1-3-6-10;;/h1-9,14H;;1H2/b11-9-;;. The van der Waals surface area contributed by atoms with Crippen LogP contribution in [-0.2, 0) is 21.6 Å². The topological polar surface area (TPSA) is 73.0 Å². The minimum atomic E-state index is -0.0825. The Bertz CT molecular complexity index is 453. The zero-order chi connectivity index (χ0) is 10.5. The number of carbonyl (C=O) groups excluding carboxylic acids is 1. The molecule has 0 unspecified atom stereocenters. The van der Waals surface area contributed by atoms with Crippen molar-refractivity contribution in [2.24, 2.45) is 4.99 Å². The number of carbonyl (C=O) groups is 1. The van der Waals surface area contributed by atoms with Gasteiger partial charge in [-0.25, -0.2) is 0 Å². The summed E-state index contributed by atoms with van der Waals surface area (Å²) in [6.07, 6.45) is 6.32. The van der Waals surface area contributed by atoms with E-state index in [4.69, 9.17) is 0 Å². The molecule has 1 aromatic rings. The summed E-state index contributed by atoms with van der Waals surface area (Å²) < 4.78 is 0. The quantitative estimate of drug-likeness (QED) is 0.827. The molecule has 0 atom stereocenters. The van der Waals surface area contributed by atoms with Crippen LogP contribution in [0.15, 0.2) is 59.4 Å². The van der Waals surface area contributed by atoms with Gasteiger partial charge in [-0.3, -0.25) is 9.79 Å². The SMILES string of the molecule is O.O=C1C=CC=N/C1=C\Nc1ccccc1.[Co]. The molecule has 17 heavy (non-hydrogen) atoms. The average Bonchev–Trinajstić information content (AvgIpc) is 2.29. The van der Waals surface area contributed by atoms with Crippen LogP contribution in [-0.4, -0.2) is 17.5 Å². The second kappa shape index (κ2) is 7.56. The predicted molar refractivity (Wildman–Crippen MR) is 64.4 cm³/mol. The fourth-order valence-electron chi connectivity index (χ4n) is 1.20. The van der Waals surface area contributed by atoms with Crippen LogP contribution in [0.3, 0.4) is 0 Å². The maximum Gasteiger partial charge on any atom is 0.205 e. The van der Waals surface area contributed by atoms with E-state index in [0.29, 0.717) is 5.70 Å². The number of hydrogen-bond donors (Lipinski definition) is 1. The minimum Gasteiger partial charge on any atom is -0.412 e. The monoisotopic (exact) mass is 275 g/mol. The summed E-state index contributed by atoms with van der Waals surface area (Å²) in [7, 11) is 0. The number of ketones is 1. The van der Waals surface area contributed by atoms with Crippen LogP contribution in [0, 0.1) is 0 Å². The van der Waals surface area contributed by atoms with E-state index in [9.17, 15) is 4.79 Å². The van der Waals surface area contributed by atoms with Crippen molar-refractivity contribution in [1.82, 2.24) is 0 Å². The molecule has 91 valence electrons. The Morgan fingerprint density at radius 3 is 2.53 bits per heavy atom.